The van der Waals surface area contributed by atoms with Gasteiger partial charge >= 0.3 is 0 Å². The molecular weight excluding hydrogens is 274 g/mol. The van der Waals surface area contributed by atoms with Crippen molar-refractivity contribution in [3.8, 4) is 11.5 Å². The summed E-state index contributed by atoms with van der Waals surface area (Å²) in [5.41, 5.74) is 1.94. The number of nitrogens with zero attached hydrogens (tertiary/aromatic N) is 5. The summed E-state index contributed by atoms with van der Waals surface area (Å²) in [4.78, 5) is 16.1. The molecule has 0 aliphatic carbocycles. The quantitative estimate of drug-likeness (QED) is 0.850. The van der Waals surface area contributed by atoms with Gasteiger partial charge in [-0.1, -0.05) is 13.8 Å². The van der Waals surface area contributed by atoms with Crippen LogP contribution in [0.15, 0.2) is 24.8 Å². The highest BCUT2D eigenvalue weighted by Crippen LogP contribution is 2.22. The van der Waals surface area contributed by atoms with Gasteiger partial charge in [-0.2, -0.15) is 0 Å². The van der Waals surface area contributed by atoms with Gasteiger partial charge in [0.2, 0.25) is 0 Å². The van der Waals surface area contributed by atoms with Crippen LogP contribution in [-0.4, -0.2) is 44.1 Å². The molecule has 118 valence electrons. The number of imidazole rings is 1. The zero-order valence-corrected chi connectivity index (χ0v) is 13.7. The molecule has 1 aliphatic heterocycles. The van der Waals surface area contributed by atoms with Crippen molar-refractivity contribution in [1.29, 1.82) is 0 Å². The van der Waals surface area contributed by atoms with Gasteiger partial charge in [0.1, 0.15) is 5.69 Å². The SMILES string of the molecule is CC(C)CN1CCC(Cc2cncc(-c3nccn3C)n2)C1. The van der Waals surface area contributed by atoms with Crippen LogP contribution >= 0.6 is 0 Å². The fourth-order valence-corrected chi connectivity index (χ4v) is 3.28. The molecule has 0 bridgehead atoms. The van der Waals surface area contributed by atoms with Crippen LogP contribution < -0.4 is 0 Å². The summed E-state index contributed by atoms with van der Waals surface area (Å²) < 4.78 is 1.98. The van der Waals surface area contributed by atoms with Crippen LogP contribution in [0.25, 0.3) is 11.5 Å². The average Bonchev–Trinajstić information content (AvgIpc) is 3.08. The Labute approximate surface area is 132 Å². The van der Waals surface area contributed by atoms with Crippen molar-refractivity contribution in [2.45, 2.75) is 26.7 Å². The van der Waals surface area contributed by atoms with Crippen molar-refractivity contribution in [3.05, 3.63) is 30.5 Å². The summed E-state index contributed by atoms with van der Waals surface area (Å²) in [5.74, 6) is 2.32. The normalized spacial score (nSPS) is 19.2. The van der Waals surface area contributed by atoms with E-state index in [1.807, 2.05) is 24.0 Å². The molecular formula is C17H25N5. The lowest BCUT2D eigenvalue weighted by atomic mass is 10.0. The Hall–Kier alpha value is -1.75. The Morgan fingerprint density at radius 3 is 2.91 bits per heavy atom. The molecule has 0 radical (unpaired) electrons. The highest BCUT2D eigenvalue weighted by molar-refractivity contribution is 5.48. The van der Waals surface area contributed by atoms with E-state index in [0.29, 0.717) is 5.92 Å². The molecule has 0 N–H and O–H groups in total. The summed E-state index contributed by atoms with van der Waals surface area (Å²) in [6.07, 6.45) is 9.71. The number of hydrogen-bond donors (Lipinski definition) is 0. The fraction of sp³-hybridized carbons (Fsp3) is 0.588. The van der Waals surface area contributed by atoms with Gasteiger partial charge in [0, 0.05) is 38.7 Å². The molecule has 5 heteroatoms. The van der Waals surface area contributed by atoms with Crippen LogP contribution in [0, 0.1) is 11.8 Å². The van der Waals surface area contributed by atoms with E-state index < -0.39 is 0 Å². The van der Waals surface area contributed by atoms with E-state index >= 15 is 0 Å². The van der Waals surface area contributed by atoms with Crippen LogP contribution in [-0.2, 0) is 13.5 Å². The van der Waals surface area contributed by atoms with Gasteiger partial charge in [-0.25, -0.2) is 9.97 Å². The number of hydrogen-bond acceptors (Lipinski definition) is 4. The van der Waals surface area contributed by atoms with Crippen molar-refractivity contribution in [2.75, 3.05) is 19.6 Å². The Morgan fingerprint density at radius 2 is 2.18 bits per heavy atom. The predicted octanol–water partition coefficient (Wildman–Crippen LogP) is 2.40. The Balaban J connectivity index is 1.66. The lowest BCUT2D eigenvalue weighted by Crippen LogP contribution is -2.25. The minimum atomic E-state index is 0.699. The van der Waals surface area contributed by atoms with Crippen molar-refractivity contribution >= 4 is 0 Å². The monoisotopic (exact) mass is 299 g/mol. The second kappa shape index (κ2) is 6.57. The summed E-state index contributed by atoms with van der Waals surface area (Å²) in [6, 6.07) is 0. The van der Waals surface area contributed by atoms with E-state index in [2.05, 4.69) is 28.7 Å². The van der Waals surface area contributed by atoms with Gasteiger partial charge in [0.15, 0.2) is 5.82 Å². The standard InChI is InChI=1S/C17H25N5/c1-13(2)11-22-6-4-14(12-22)8-15-9-18-10-16(20-15)17-19-5-7-21(17)3/h5,7,9-10,13-14H,4,6,8,11-12H2,1-3H3. The molecule has 5 nitrogen and oxygen atoms in total. The minimum absolute atomic E-state index is 0.699. The summed E-state index contributed by atoms with van der Waals surface area (Å²) in [6.45, 7) is 8.18. The summed E-state index contributed by atoms with van der Waals surface area (Å²) in [5, 5.41) is 0. The van der Waals surface area contributed by atoms with Crippen molar-refractivity contribution in [2.24, 2.45) is 18.9 Å². The minimum Gasteiger partial charge on any atom is -0.333 e. The molecule has 1 aliphatic rings. The smallest absolute Gasteiger partial charge is 0.159 e. The molecule has 2 aromatic heterocycles. The van der Waals surface area contributed by atoms with Crippen molar-refractivity contribution in [1.82, 2.24) is 24.4 Å². The first-order valence-electron chi connectivity index (χ1n) is 8.13. The van der Waals surface area contributed by atoms with E-state index in [4.69, 9.17) is 4.98 Å². The first-order valence-corrected chi connectivity index (χ1v) is 8.13. The van der Waals surface area contributed by atoms with Crippen LogP contribution in [0.3, 0.4) is 0 Å². The van der Waals surface area contributed by atoms with E-state index in [1.54, 1.807) is 12.4 Å². The maximum Gasteiger partial charge on any atom is 0.159 e. The van der Waals surface area contributed by atoms with Crippen molar-refractivity contribution in [3.63, 3.8) is 0 Å². The number of likely N-dealkylation sites (tertiary alicyclic amines) is 1. The number of aryl methyl sites for hydroxylation is 1. The second-order valence-electron chi connectivity index (χ2n) is 6.77. The molecule has 3 rings (SSSR count). The molecule has 1 atom stereocenters. The highest BCUT2D eigenvalue weighted by Gasteiger charge is 2.23. The zero-order chi connectivity index (χ0) is 15.5. The molecule has 1 fully saturated rings. The molecule has 1 saturated heterocycles. The zero-order valence-electron chi connectivity index (χ0n) is 13.7. The average molecular weight is 299 g/mol. The molecule has 1 unspecified atom stereocenters. The molecule has 2 aromatic rings. The number of rotatable bonds is 5. The first-order chi connectivity index (χ1) is 10.6. The molecule has 3 heterocycles. The Morgan fingerprint density at radius 1 is 1.32 bits per heavy atom. The van der Waals surface area contributed by atoms with E-state index in [-0.39, 0.29) is 0 Å². The molecule has 0 aromatic carbocycles. The number of aromatic nitrogens is 4. The third kappa shape index (κ3) is 3.53. The Kier molecular flexibility index (Phi) is 4.52. The summed E-state index contributed by atoms with van der Waals surface area (Å²) >= 11 is 0. The van der Waals surface area contributed by atoms with Gasteiger partial charge in [-0.15, -0.1) is 0 Å². The van der Waals surface area contributed by atoms with Gasteiger partial charge in [-0.05, 0) is 31.2 Å². The van der Waals surface area contributed by atoms with Gasteiger partial charge in [0.25, 0.3) is 0 Å². The maximum absolute atomic E-state index is 4.76. The molecule has 22 heavy (non-hydrogen) atoms. The summed E-state index contributed by atoms with van der Waals surface area (Å²) in [7, 11) is 1.98. The lowest BCUT2D eigenvalue weighted by Gasteiger charge is -2.18. The largest absolute Gasteiger partial charge is 0.333 e. The first kappa shape index (κ1) is 15.2. The third-order valence-electron chi connectivity index (χ3n) is 4.23. The predicted molar refractivity (Wildman–Crippen MR) is 87.3 cm³/mol. The van der Waals surface area contributed by atoms with Gasteiger partial charge in [-0.3, -0.25) is 4.98 Å². The topological polar surface area (TPSA) is 46.8 Å². The van der Waals surface area contributed by atoms with Crippen LogP contribution in [0.5, 0.6) is 0 Å². The van der Waals surface area contributed by atoms with Crippen LogP contribution in [0.1, 0.15) is 26.0 Å². The molecule has 0 amide bonds. The van der Waals surface area contributed by atoms with Crippen molar-refractivity contribution < 1.29 is 0 Å². The van der Waals surface area contributed by atoms with E-state index in [1.165, 1.54) is 26.1 Å². The molecule has 0 saturated carbocycles. The van der Waals surface area contributed by atoms with Crippen LogP contribution in [0.4, 0.5) is 0 Å². The Bertz CT molecular complexity index is 619. The highest BCUT2D eigenvalue weighted by atomic mass is 15.1. The maximum atomic E-state index is 4.76. The van der Waals surface area contributed by atoms with E-state index in [9.17, 15) is 0 Å². The van der Waals surface area contributed by atoms with Gasteiger partial charge in [0.05, 0.1) is 11.9 Å². The second-order valence-corrected chi connectivity index (χ2v) is 6.77. The van der Waals surface area contributed by atoms with Gasteiger partial charge < -0.3 is 9.47 Å². The fourth-order valence-electron chi connectivity index (χ4n) is 3.28. The molecule has 0 spiro atoms. The lowest BCUT2D eigenvalue weighted by molar-refractivity contribution is 0.287. The van der Waals surface area contributed by atoms with Crippen LogP contribution in [0.2, 0.25) is 0 Å². The van der Waals surface area contributed by atoms with E-state index in [0.717, 1.165) is 29.6 Å². The third-order valence-corrected chi connectivity index (χ3v) is 4.23.